The zero-order valence-corrected chi connectivity index (χ0v) is 17.3. The Hall–Kier alpha value is -2.37. The van der Waals surface area contributed by atoms with Crippen LogP contribution in [0.4, 0.5) is 0 Å². The number of fused-ring (bicyclic) bond motifs is 1. The van der Waals surface area contributed by atoms with Gasteiger partial charge in [0.2, 0.25) is 15.9 Å². The predicted octanol–water partition coefficient (Wildman–Crippen LogP) is -0.263. The number of amides is 1. The van der Waals surface area contributed by atoms with Crippen molar-refractivity contribution in [2.24, 2.45) is 0 Å². The lowest BCUT2D eigenvalue weighted by Crippen LogP contribution is -2.49. The molecule has 2 atom stereocenters. The molecule has 2 heterocycles. The Labute approximate surface area is 168 Å². The Balaban J connectivity index is 1.49. The van der Waals surface area contributed by atoms with Crippen molar-refractivity contribution in [2.75, 3.05) is 25.4 Å². The van der Waals surface area contributed by atoms with E-state index in [9.17, 15) is 18.0 Å². The van der Waals surface area contributed by atoms with Crippen molar-refractivity contribution >= 4 is 26.8 Å². The fourth-order valence-corrected chi connectivity index (χ4v) is 4.76. The van der Waals surface area contributed by atoms with Gasteiger partial charge in [0.15, 0.2) is 0 Å². The first-order valence-electron chi connectivity index (χ1n) is 9.49. The number of morpholine rings is 1. The van der Waals surface area contributed by atoms with Crippen molar-refractivity contribution in [3.05, 3.63) is 34.6 Å². The Morgan fingerprint density at radius 1 is 1.24 bits per heavy atom. The van der Waals surface area contributed by atoms with Crippen LogP contribution in [0.15, 0.2) is 29.1 Å². The Morgan fingerprint density at radius 2 is 1.93 bits per heavy atom. The van der Waals surface area contributed by atoms with E-state index in [1.165, 1.54) is 4.31 Å². The monoisotopic (exact) mass is 423 g/mol. The van der Waals surface area contributed by atoms with E-state index < -0.39 is 10.0 Å². The Morgan fingerprint density at radius 3 is 2.66 bits per heavy atom. The van der Waals surface area contributed by atoms with Gasteiger partial charge in [0.25, 0.3) is 5.56 Å². The van der Waals surface area contributed by atoms with Crippen molar-refractivity contribution < 1.29 is 17.9 Å². The van der Waals surface area contributed by atoms with Crippen LogP contribution >= 0.6 is 0 Å². The number of carbonyl (C=O) groups excluding carboxylic acids is 1. The maximum atomic E-state index is 12.5. The topological polar surface area (TPSA) is 123 Å². The van der Waals surface area contributed by atoms with Crippen molar-refractivity contribution in [2.45, 2.75) is 39.0 Å². The third-order valence-corrected chi connectivity index (χ3v) is 6.45. The van der Waals surface area contributed by atoms with Gasteiger partial charge in [0.1, 0.15) is 5.52 Å². The normalized spacial score (nSPS) is 20.6. The van der Waals surface area contributed by atoms with Gasteiger partial charge in [-0.3, -0.25) is 9.59 Å². The Bertz CT molecular complexity index is 1030. The highest BCUT2D eigenvalue weighted by Gasteiger charge is 2.30. The predicted molar refractivity (Wildman–Crippen MR) is 107 cm³/mol. The second-order valence-electron chi connectivity index (χ2n) is 7.13. The third-order valence-electron chi connectivity index (χ3n) is 4.64. The van der Waals surface area contributed by atoms with E-state index in [2.05, 4.69) is 15.6 Å². The average Bonchev–Trinajstić information content (AvgIpc) is 2.67. The highest BCUT2D eigenvalue weighted by molar-refractivity contribution is 7.89. The van der Waals surface area contributed by atoms with E-state index in [0.29, 0.717) is 24.0 Å². The summed E-state index contributed by atoms with van der Waals surface area (Å²) in [5.41, 5.74) is 0.177. The minimum absolute atomic E-state index is 0.000413. The minimum atomic E-state index is -3.48. The summed E-state index contributed by atoms with van der Waals surface area (Å²) in [5.74, 6) is -0.542. The first kappa shape index (κ1) is 21.3. The molecule has 1 aromatic carbocycles. The van der Waals surface area contributed by atoms with E-state index >= 15 is 0 Å². The smallest absolute Gasteiger partial charge is 0.277 e. The van der Waals surface area contributed by atoms with Gasteiger partial charge in [-0.2, -0.15) is 4.31 Å². The van der Waals surface area contributed by atoms with Gasteiger partial charge in [-0.25, -0.2) is 13.1 Å². The maximum Gasteiger partial charge on any atom is 0.277 e. The molecule has 1 aliphatic heterocycles. The molecule has 0 bridgehead atoms. The van der Waals surface area contributed by atoms with Gasteiger partial charge >= 0.3 is 0 Å². The molecule has 1 saturated heterocycles. The molecular weight excluding hydrogens is 398 g/mol. The molecule has 29 heavy (non-hydrogen) atoms. The zero-order valence-electron chi connectivity index (χ0n) is 16.4. The number of sulfonamides is 1. The molecule has 0 aliphatic carbocycles. The van der Waals surface area contributed by atoms with Gasteiger partial charge < -0.3 is 10.1 Å². The summed E-state index contributed by atoms with van der Waals surface area (Å²) < 4.78 is 33.0. The number of aryl methyl sites for hydroxylation is 1. The molecule has 0 unspecified atom stereocenters. The molecule has 0 saturated carbocycles. The summed E-state index contributed by atoms with van der Waals surface area (Å²) in [6.07, 6.45) is -0.326. The van der Waals surface area contributed by atoms with E-state index in [-0.39, 0.29) is 48.9 Å². The molecule has 1 fully saturated rings. The average molecular weight is 423 g/mol. The molecule has 1 N–H and O–H groups in total. The summed E-state index contributed by atoms with van der Waals surface area (Å²) in [7, 11) is -3.48. The molecule has 11 heteroatoms. The summed E-state index contributed by atoms with van der Waals surface area (Å²) in [4.78, 5) is 24.4. The molecule has 2 aromatic rings. The van der Waals surface area contributed by atoms with Crippen LogP contribution in [0.25, 0.3) is 10.9 Å². The van der Waals surface area contributed by atoms with Crippen LogP contribution < -0.4 is 10.9 Å². The maximum absolute atomic E-state index is 12.5. The van der Waals surface area contributed by atoms with Crippen molar-refractivity contribution in [1.82, 2.24) is 24.6 Å². The van der Waals surface area contributed by atoms with Gasteiger partial charge in [-0.05, 0) is 26.0 Å². The number of nitrogens with zero attached hydrogens (tertiary/aromatic N) is 4. The van der Waals surface area contributed by atoms with Gasteiger partial charge in [0.05, 0.1) is 29.9 Å². The molecular formula is C18H25N5O5S. The number of rotatable bonds is 7. The summed E-state index contributed by atoms with van der Waals surface area (Å²) >= 11 is 0. The molecule has 1 amide bonds. The molecule has 1 aliphatic rings. The number of hydrogen-bond donors (Lipinski definition) is 1. The zero-order chi connectivity index (χ0) is 21.0. The number of nitrogens with one attached hydrogen (secondary N) is 1. The Kier molecular flexibility index (Phi) is 6.60. The van der Waals surface area contributed by atoms with Gasteiger partial charge in [-0.1, -0.05) is 17.3 Å². The molecule has 158 valence electrons. The number of carbonyl (C=O) groups is 1. The lowest BCUT2D eigenvalue weighted by molar-refractivity contribution is -0.121. The highest BCUT2D eigenvalue weighted by atomic mass is 32.2. The summed E-state index contributed by atoms with van der Waals surface area (Å²) in [6, 6.07) is 6.84. The number of aromatic nitrogens is 3. The van der Waals surface area contributed by atoms with Crippen LogP contribution in [0.1, 0.15) is 20.3 Å². The number of hydrogen-bond acceptors (Lipinski definition) is 7. The van der Waals surface area contributed by atoms with E-state index in [4.69, 9.17) is 4.74 Å². The minimum Gasteiger partial charge on any atom is -0.373 e. The fourth-order valence-electron chi connectivity index (χ4n) is 3.27. The second kappa shape index (κ2) is 8.97. The second-order valence-corrected chi connectivity index (χ2v) is 9.21. The molecule has 10 nitrogen and oxygen atoms in total. The lowest BCUT2D eigenvalue weighted by Gasteiger charge is -2.34. The van der Waals surface area contributed by atoms with E-state index in [1.54, 1.807) is 24.3 Å². The standard InChI is InChI=1S/C18H25N5O5S/c1-13-11-22(12-14(2)28-13)29(26,27)10-8-19-17(24)7-9-23-18(25)15-5-3-4-6-16(15)20-21-23/h3-6,13-14H,7-12H2,1-2H3,(H,19,24)/t13-,14+. The van der Waals surface area contributed by atoms with Crippen LogP contribution in [0, 0.1) is 0 Å². The number of benzene rings is 1. The van der Waals surface area contributed by atoms with Crippen LogP contribution in [-0.4, -0.2) is 71.2 Å². The summed E-state index contributed by atoms with van der Waals surface area (Å²) in [6.45, 7) is 4.34. The largest absolute Gasteiger partial charge is 0.373 e. The van der Waals surface area contributed by atoms with Crippen LogP contribution in [-0.2, 0) is 26.1 Å². The van der Waals surface area contributed by atoms with Crippen LogP contribution in [0.5, 0.6) is 0 Å². The third kappa shape index (κ3) is 5.37. The van der Waals surface area contributed by atoms with Crippen LogP contribution in [0.2, 0.25) is 0 Å². The van der Waals surface area contributed by atoms with Crippen molar-refractivity contribution in [3.8, 4) is 0 Å². The molecule has 3 rings (SSSR count). The van der Waals surface area contributed by atoms with E-state index in [1.807, 2.05) is 13.8 Å². The van der Waals surface area contributed by atoms with Gasteiger partial charge in [0, 0.05) is 26.1 Å². The van der Waals surface area contributed by atoms with Crippen LogP contribution in [0.3, 0.4) is 0 Å². The van der Waals surface area contributed by atoms with Crippen molar-refractivity contribution in [1.29, 1.82) is 0 Å². The lowest BCUT2D eigenvalue weighted by atomic mass is 10.2. The molecule has 1 aromatic heterocycles. The quantitative estimate of drug-likeness (QED) is 0.650. The first-order chi connectivity index (χ1) is 13.8. The van der Waals surface area contributed by atoms with Crippen molar-refractivity contribution in [3.63, 3.8) is 0 Å². The SMILES string of the molecule is C[C@@H]1CN(S(=O)(=O)CCNC(=O)CCn2nnc3ccccc3c2=O)C[C@H](C)O1. The molecule has 0 radical (unpaired) electrons. The fraction of sp³-hybridized carbons (Fsp3) is 0.556. The highest BCUT2D eigenvalue weighted by Crippen LogP contribution is 2.14. The first-order valence-corrected chi connectivity index (χ1v) is 11.1. The number of ether oxygens (including phenoxy) is 1. The summed E-state index contributed by atoms with van der Waals surface area (Å²) in [5, 5.41) is 10.8. The molecule has 0 spiro atoms. The van der Waals surface area contributed by atoms with E-state index in [0.717, 1.165) is 4.68 Å². The van der Waals surface area contributed by atoms with Gasteiger partial charge in [-0.15, -0.1) is 5.10 Å².